The van der Waals surface area contributed by atoms with Crippen LogP contribution in [0.5, 0.6) is 17.2 Å². The van der Waals surface area contributed by atoms with E-state index in [1.165, 1.54) is 0 Å². The van der Waals surface area contributed by atoms with E-state index >= 15 is 0 Å². The Morgan fingerprint density at radius 2 is 1.96 bits per heavy atom. The number of fused-ring (bicyclic) bond motifs is 1. The van der Waals surface area contributed by atoms with Gasteiger partial charge in [0.25, 0.3) is 0 Å². The molecule has 150 valence electrons. The molecule has 0 saturated carbocycles. The van der Waals surface area contributed by atoms with Crippen molar-refractivity contribution in [3.8, 4) is 17.2 Å². The third kappa shape index (κ3) is 4.85. The number of hydrogen-bond acceptors (Lipinski definition) is 5. The summed E-state index contributed by atoms with van der Waals surface area (Å²) in [4.78, 5) is 3.99. The molecule has 1 aromatic heterocycles. The van der Waals surface area contributed by atoms with Crippen LogP contribution in [0, 0.1) is 0 Å². The van der Waals surface area contributed by atoms with Gasteiger partial charge in [-0.3, -0.25) is 4.98 Å². The van der Waals surface area contributed by atoms with Crippen LogP contribution in [0.3, 0.4) is 0 Å². The number of pyridine rings is 1. The van der Waals surface area contributed by atoms with Gasteiger partial charge in [-0.05, 0) is 37.5 Å². The highest BCUT2D eigenvalue weighted by Gasteiger charge is 2.23. The van der Waals surface area contributed by atoms with Crippen molar-refractivity contribution >= 4 is 50.5 Å². The van der Waals surface area contributed by atoms with E-state index < -0.39 is 0 Å². The second-order valence-electron chi connectivity index (χ2n) is 6.10. The number of nitrogens with zero attached hydrogens (tertiary/aromatic N) is 1. The zero-order valence-corrected chi connectivity index (χ0v) is 18.5. The molecule has 1 N–H and O–H groups in total. The van der Waals surface area contributed by atoms with Crippen molar-refractivity contribution in [2.75, 3.05) is 31.0 Å². The summed E-state index contributed by atoms with van der Waals surface area (Å²) >= 11 is 15.9. The fourth-order valence-electron chi connectivity index (χ4n) is 2.85. The predicted octanol–water partition coefficient (Wildman–Crippen LogP) is 6.19. The lowest BCUT2D eigenvalue weighted by Crippen LogP contribution is -2.12. The van der Waals surface area contributed by atoms with Gasteiger partial charge in [0.1, 0.15) is 6.61 Å². The molecule has 0 bridgehead atoms. The number of benzene rings is 1. The van der Waals surface area contributed by atoms with Crippen LogP contribution in [-0.4, -0.2) is 30.6 Å². The molecule has 8 heteroatoms. The van der Waals surface area contributed by atoms with E-state index in [1.807, 2.05) is 18.2 Å². The summed E-state index contributed by atoms with van der Waals surface area (Å²) in [6.45, 7) is 0.987. The number of anilines is 1. The summed E-state index contributed by atoms with van der Waals surface area (Å²) in [6.07, 6.45) is 8.20. The Morgan fingerprint density at radius 3 is 2.68 bits per heavy atom. The Balaban J connectivity index is 1.86. The first-order valence-corrected chi connectivity index (χ1v) is 10.8. The lowest BCUT2D eigenvalue weighted by Gasteiger charge is -2.24. The molecule has 2 aromatic rings. The van der Waals surface area contributed by atoms with Gasteiger partial charge in [0.15, 0.2) is 11.5 Å². The molecule has 0 atom stereocenters. The Kier molecular flexibility index (Phi) is 7.71. The van der Waals surface area contributed by atoms with E-state index in [4.69, 9.17) is 37.4 Å². The van der Waals surface area contributed by atoms with E-state index in [-0.39, 0.29) is 0 Å². The molecule has 0 aliphatic carbocycles. The SMILES string of the molecule is COc1ccc2c(c1OCCCCCBr)OCC=C2Nc1c(Cl)cncc1Cl. The van der Waals surface area contributed by atoms with Gasteiger partial charge in [0, 0.05) is 29.0 Å². The number of alkyl halides is 1. The van der Waals surface area contributed by atoms with Crippen molar-refractivity contribution in [1.82, 2.24) is 4.98 Å². The molecule has 5 nitrogen and oxygen atoms in total. The smallest absolute Gasteiger partial charge is 0.204 e. The van der Waals surface area contributed by atoms with Crippen molar-refractivity contribution in [2.45, 2.75) is 19.3 Å². The molecule has 0 radical (unpaired) electrons. The Hall–Kier alpha value is -1.63. The number of nitrogens with one attached hydrogen (secondary N) is 1. The first-order chi connectivity index (χ1) is 13.7. The molecule has 0 saturated heterocycles. The number of methoxy groups -OCH3 is 1. The number of ether oxygens (including phenoxy) is 3. The van der Waals surface area contributed by atoms with E-state index in [2.05, 4.69) is 26.2 Å². The van der Waals surface area contributed by atoms with Gasteiger partial charge in [-0.1, -0.05) is 39.1 Å². The minimum atomic E-state index is 0.392. The second kappa shape index (κ2) is 10.2. The number of hydrogen-bond donors (Lipinski definition) is 1. The van der Waals surface area contributed by atoms with E-state index in [9.17, 15) is 0 Å². The maximum atomic E-state index is 6.25. The second-order valence-corrected chi connectivity index (χ2v) is 7.71. The first kappa shape index (κ1) is 21.1. The highest BCUT2D eigenvalue weighted by atomic mass is 79.9. The van der Waals surface area contributed by atoms with E-state index in [1.54, 1.807) is 19.5 Å². The van der Waals surface area contributed by atoms with Gasteiger partial charge in [0.2, 0.25) is 5.75 Å². The topological polar surface area (TPSA) is 52.6 Å². The highest BCUT2D eigenvalue weighted by Crippen LogP contribution is 2.45. The minimum Gasteiger partial charge on any atom is -0.493 e. The van der Waals surface area contributed by atoms with Gasteiger partial charge in [-0.25, -0.2) is 0 Å². The monoisotopic (exact) mass is 486 g/mol. The van der Waals surface area contributed by atoms with Crippen LogP contribution in [0.1, 0.15) is 24.8 Å². The maximum absolute atomic E-state index is 6.25. The third-order valence-corrected chi connectivity index (χ3v) is 5.37. The van der Waals surface area contributed by atoms with Crippen LogP contribution in [0.25, 0.3) is 5.70 Å². The number of unbranched alkanes of at least 4 members (excludes halogenated alkanes) is 2. The fourth-order valence-corrected chi connectivity index (χ4v) is 3.70. The first-order valence-electron chi connectivity index (χ1n) is 8.94. The van der Waals surface area contributed by atoms with E-state index in [0.717, 1.165) is 35.9 Å². The van der Waals surface area contributed by atoms with Crippen LogP contribution in [0.15, 0.2) is 30.6 Å². The Bertz CT molecular complexity index is 841. The summed E-state index contributed by atoms with van der Waals surface area (Å²) in [5, 5.41) is 5.18. The van der Waals surface area contributed by atoms with Crippen molar-refractivity contribution in [3.05, 3.63) is 46.2 Å². The maximum Gasteiger partial charge on any atom is 0.204 e. The molecule has 0 spiro atoms. The third-order valence-electron chi connectivity index (χ3n) is 4.24. The molecule has 1 aliphatic heterocycles. The van der Waals surface area contributed by atoms with Gasteiger partial charge in [-0.15, -0.1) is 0 Å². The molecule has 0 amide bonds. The van der Waals surface area contributed by atoms with Crippen molar-refractivity contribution in [1.29, 1.82) is 0 Å². The summed E-state index contributed by atoms with van der Waals surface area (Å²) in [5.41, 5.74) is 2.29. The Morgan fingerprint density at radius 1 is 1.18 bits per heavy atom. The van der Waals surface area contributed by atoms with Crippen LogP contribution in [0.2, 0.25) is 10.0 Å². The molecular formula is C20H21BrCl2N2O3. The predicted molar refractivity (Wildman–Crippen MR) is 117 cm³/mol. The van der Waals surface area contributed by atoms with Gasteiger partial charge < -0.3 is 19.5 Å². The van der Waals surface area contributed by atoms with Crippen LogP contribution in [-0.2, 0) is 0 Å². The van der Waals surface area contributed by atoms with Gasteiger partial charge in [-0.2, -0.15) is 0 Å². The van der Waals surface area contributed by atoms with Crippen LogP contribution >= 0.6 is 39.1 Å². The Labute approximate surface area is 183 Å². The van der Waals surface area contributed by atoms with Crippen molar-refractivity contribution < 1.29 is 14.2 Å². The molecule has 0 fully saturated rings. The number of aromatic nitrogens is 1. The normalized spacial score (nSPS) is 12.6. The minimum absolute atomic E-state index is 0.392. The highest BCUT2D eigenvalue weighted by molar-refractivity contribution is 9.09. The molecule has 1 aliphatic rings. The summed E-state index contributed by atoms with van der Waals surface area (Å²) in [7, 11) is 1.62. The molecule has 0 unspecified atom stereocenters. The molecule has 28 heavy (non-hydrogen) atoms. The summed E-state index contributed by atoms with van der Waals surface area (Å²) in [5.74, 6) is 1.89. The summed E-state index contributed by atoms with van der Waals surface area (Å²) < 4.78 is 17.4. The quantitative estimate of drug-likeness (QED) is 0.337. The molecule has 2 heterocycles. The van der Waals surface area contributed by atoms with Crippen LogP contribution in [0.4, 0.5) is 5.69 Å². The lowest BCUT2D eigenvalue weighted by atomic mass is 10.1. The zero-order valence-electron chi connectivity index (χ0n) is 15.4. The zero-order chi connectivity index (χ0) is 19.9. The number of halogens is 3. The molecule has 1 aromatic carbocycles. The fraction of sp³-hybridized carbons (Fsp3) is 0.350. The van der Waals surface area contributed by atoms with Gasteiger partial charge in [0.05, 0.1) is 29.4 Å². The summed E-state index contributed by atoms with van der Waals surface area (Å²) in [6, 6.07) is 3.79. The lowest BCUT2D eigenvalue weighted by molar-refractivity contribution is 0.259. The van der Waals surface area contributed by atoms with Crippen LogP contribution < -0.4 is 19.5 Å². The number of rotatable bonds is 9. The van der Waals surface area contributed by atoms with E-state index in [0.29, 0.717) is 46.2 Å². The van der Waals surface area contributed by atoms with Crippen molar-refractivity contribution in [3.63, 3.8) is 0 Å². The molecule has 3 rings (SSSR count). The molecular weight excluding hydrogens is 467 g/mol. The van der Waals surface area contributed by atoms with Gasteiger partial charge >= 0.3 is 0 Å². The largest absolute Gasteiger partial charge is 0.493 e. The standard InChI is InChI=1S/C20H21BrCl2N2O3/c1-26-17-6-5-13-16(25-18-14(22)11-24-12-15(18)23)7-10-28-19(13)20(17)27-9-4-2-3-8-21/h5-7,11-12H,2-4,8-10H2,1H3,(H,24,25). The average molecular weight is 488 g/mol. The van der Waals surface area contributed by atoms with Crippen molar-refractivity contribution in [2.24, 2.45) is 0 Å². The average Bonchev–Trinajstić information content (AvgIpc) is 2.70.